The van der Waals surface area contributed by atoms with Crippen molar-refractivity contribution >= 4 is 39.3 Å². The number of para-hydroxylation sites is 2. The molecule has 1 N–H and O–H groups in total. The van der Waals surface area contributed by atoms with Crippen LogP contribution in [0.3, 0.4) is 0 Å². The second-order valence-electron chi connectivity index (χ2n) is 8.28. The van der Waals surface area contributed by atoms with Crippen LogP contribution in [0.15, 0.2) is 60.7 Å². The van der Waals surface area contributed by atoms with Gasteiger partial charge in [0.05, 0.1) is 28.6 Å². The highest BCUT2D eigenvalue weighted by molar-refractivity contribution is 6.08. The number of nitrogens with zero attached hydrogens (tertiary/aromatic N) is 2. The van der Waals surface area contributed by atoms with E-state index >= 15 is 0 Å². The van der Waals surface area contributed by atoms with Gasteiger partial charge in [0, 0.05) is 23.9 Å². The van der Waals surface area contributed by atoms with E-state index in [1.54, 1.807) is 0 Å². The van der Waals surface area contributed by atoms with Gasteiger partial charge in [0.25, 0.3) is 0 Å². The lowest BCUT2D eigenvalue weighted by molar-refractivity contribution is -0.140. The molecule has 1 saturated heterocycles. The molecule has 0 radical (unpaired) electrons. The molecule has 3 aliphatic rings. The van der Waals surface area contributed by atoms with E-state index < -0.39 is 0 Å². The van der Waals surface area contributed by atoms with E-state index in [0.717, 1.165) is 33.9 Å². The van der Waals surface area contributed by atoms with Crippen LogP contribution in [0, 0.1) is 23.7 Å². The maximum Gasteiger partial charge on any atom is 0.233 e. The van der Waals surface area contributed by atoms with E-state index in [2.05, 4.69) is 29.6 Å². The van der Waals surface area contributed by atoms with Crippen molar-refractivity contribution in [2.75, 3.05) is 18.4 Å². The second kappa shape index (κ2) is 6.14. The summed E-state index contributed by atoms with van der Waals surface area (Å²) >= 11 is 0. The summed E-state index contributed by atoms with van der Waals surface area (Å²) in [6.07, 6.45) is 5.23. The number of hydrogen-bond donors (Lipinski definition) is 1. The van der Waals surface area contributed by atoms with Gasteiger partial charge in [-0.05, 0) is 30.4 Å². The van der Waals surface area contributed by atoms with Crippen LogP contribution >= 0.6 is 0 Å². The number of likely N-dealkylation sites (tertiary alicyclic amines) is 1. The molecule has 1 aliphatic heterocycles. The summed E-state index contributed by atoms with van der Waals surface area (Å²) in [6, 6.07) is 16.1. The van der Waals surface area contributed by atoms with Crippen LogP contribution < -0.4 is 5.32 Å². The Hall–Kier alpha value is -3.21. The average Bonchev–Trinajstić information content (AvgIpc) is 3.43. The quantitative estimate of drug-likeness (QED) is 0.425. The molecule has 0 spiro atoms. The summed E-state index contributed by atoms with van der Waals surface area (Å²) in [6.45, 7) is 0.923. The van der Waals surface area contributed by atoms with Gasteiger partial charge in [0.15, 0.2) is 0 Å². The molecule has 3 aromatic rings. The summed E-state index contributed by atoms with van der Waals surface area (Å²) in [7, 11) is 0. The predicted octanol–water partition coefficient (Wildman–Crippen LogP) is 3.61. The van der Waals surface area contributed by atoms with Gasteiger partial charge in [-0.2, -0.15) is 0 Å². The number of rotatable bonds is 4. The van der Waals surface area contributed by atoms with Gasteiger partial charge in [-0.1, -0.05) is 48.6 Å². The topological polar surface area (TPSA) is 62.3 Å². The van der Waals surface area contributed by atoms with Crippen LogP contribution in [0.5, 0.6) is 0 Å². The van der Waals surface area contributed by atoms with E-state index in [1.165, 1.54) is 4.90 Å². The first-order valence-electron chi connectivity index (χ1n) is 10.3. The van der Waals surface area contributed by atoms with Crippen molar-refractivity contribution in [3.63, 3.8) is 0 Å². The van der Waals surface area contributed by atoms with Crippen molar-refractivity contribution in [3.05, 3.63) is 60.7 Å². The SMILES string of the molecule is O=C1C2C3C=CC(C3)C2C(=O)N1CCNc1c2ccccc2nc2ccccc12. The molecule has 5 heteroatoms. The van der Waals surface area contributed by atoms with E-state index in [0.29, 0.717) is 13.1 Å². The summed E-state index contributed by atoms with van der Waals surface area (Å²) in [5, 5.41) is 5.59. The van der Waals surface area contributed by atoms with Crippen molar-refractivity contribution in [2.45, 2.75) is 6.42 Å². The maximum absolute atomic E-state index is 12.9. The lowest BCUT2D eigenvalue weighted by Crippen LogP contribution is -2.36. The monoisotopic (exact) mass is 383 g/mol. The number of fused-ring (bicyclic) bond motifs is 7. The average molecular weight is 383 g/mol. The molecule has 2 bridgehead atoms. The van der Waals surface area contributed by atoms with E-state index in [4.69, 9.17) is 4.98 Å². The largest absolute Gasteiger partial charge is 0.382 e. The molecule has 2 aromatic carbocycles. The standard InChI is InChI=1S/C24H21N3O2/c28-23-20-14-9-10-15(13-14)21(20)24(29)27(23)12-11-25-22-16-5-1-3-7-18(16)26-19-8-4-2-6-17(19)22/h1-10,14-15,20-21H,11-13H2,(H,25,26). The molecular formula is C24H21N3O2. The molecule has 144 valence electrons. The second-order valence-corrected chi connectivity index (χ2v) is 8.28. The van der Waals surface area contributed by atoms with Crippen LogP contribution in [0.1, 0.15) is 6.42 Å². The number of carbonyl (C=O) groups is 2. The molecule has 1 saturated carbocycles. The van der Waals surface area contributed by atoms with E-state index in [-0.39, 0.29) is 35.5 Å². The Morgan fingerprint density at radius 3 is 2.00 bits per heavy atom. The smallest absolute Gasteiger partial charge is 0.233 e. The molecule has 4 atom stereocenters. The van der Waals surface area contributed by atoms with Crippen LogP contribution in [0.4, 0.5) is 5.69 Å². The molecule has 2 fully saturated rings. The van der Waals surface area contributed by atoms with Crippen molar-refractivity contribution in [1.29, 1.82) is 0 Å². The number of aromatic nitrogens is 1. The number of imide groups is 1. The Morgan fingerprint density at radius 1 is 0.862 bits per heavy atom. The Morgan fingerprint density at radius 2 is 1.41 bits per heavy atom. The highest BCUT2D eigenvalue weighted by Gasteiger charge is 2.58. The van der Waals surface area contributed by atoms with Crippen molar-refractivity contribution in [3.8, 4) is 0 Å². The summed E-state index contributed by atoms with van der Waals surface area (Å²) in [5.74, 6) is 0.298. The van der Waals surface area contributed by atoms with Gasteiger partial charge >= 0.3 is 0 Å². The Balaban J connectivity index is 1.27. The third-order valence-corrected chi connectivity index (χ3v) is 6.79. The highest BCUT2D eigenvalue weighted by atomic mass is 16.2. The van der Waals surface area contributed by atoms with Crippen molar-refractivity contribution in [1.82, 2.24) is 9.88 Å². The first kappa shape index (κ1) is 16.7. The molecule has 6 rings (SSSR count). The van der Waals surface area contributed by atoms with Gasteiger partial charge in [-0.15, -0.1) is 0 Å². The first-order valence-corrected chi connectivity index (χ1v) is 10.3. The maximum atomic E-state index is 12.9. The number of amides is 2. The normalized spacial score (nSPS) is 27.4. The van der Waals surface area contributed by atoms with Crippen LogP contribution in [0.25, 0.3) is 21.8 Å². The van der Waals surface area contributed by atoms with E-state index in [1.807, 2.05) is 36.4 Å². The van der Waals surface area contributed by atoms with Gasteiger partial charge in [-0.3, -0.25) is 14.5 Å². The van der Waals surface area contributed by atoms with Crippen LogP contribution in [0.2, 0.25) is 0 Å². The van der Waals surface area contributed by atoms with Crippen molar-refractivity contribution in [2.24, 2.45) is 23.7 Å². The van der Waals surface area contributed by atoms with Gasteiger partial charge in [-0.25, -0.2) is 4.98 Å². The minimum Gasteiger partial charge on any atom is -0.382 e. The van der Waals surface area contributed by atoms with Gasteiger partial charge in [0.2, 0.25) is 11.8 Å². The van der Waals surface area contributed by atoms with Gasteiger partial charge < -0.3 is 5.32 Å². The third kappa shape index (κ3) is 2.36. The van der Waals surface area contributed by atoms with Gasteiger partial charge in [0.1, 0.15) is 0 Å². The third-order valence-electron chi connectivity index (χ3n) is 6.79. The zero-order valence-corrected chi connectivity index (χ0v) is 15.9. The Labute approximate surface area is 168 Å². The summed E-state index contributed by atoms with van der Waals surface area (Å²) < 4.78 is 0. The molecule has 29 heavy (non-hydrogen) atoms. The lowest BCUT2D eigenvalue weighted by Gasteiger charge is -2.19. The van der Waals surface area contributed by atoms with E-state index in [9.17, 15) is 9.59 Å². The fourth-order valence-electron chi connectivity index (χ4n) is 5.51. The molecule has 2 heterocycles. The summed E-state index contributed by atoms with van der Waals surface area (Å²) in [4.78, 5) is 32.0. The first-order chi connectivity index (χ1) is 14.2. The Kier molecular flexibility index (Phi) is 3.54. The molecule has 2 aliphatic carbocycles. The minimum absolute atomic E-state index is 0.0168. The highest BCUT2D eigenvalue weighted by Crippen LogP contribution is 2.52. The zero-order valence-electron chi connectivity index (χ0n) is 15.9. The number of pyridine rings is 1. The zero-order chi connectivity index (χ0) is 19.5. The number of hydrogen-bond acceptors (Lipinski definition) is 4. The van der Waals surface area contributed by atoms with Crippen LogP contribution in [-0.2, 0) is 9.59 Å². The number of anilines is 1. The number of allylic oxidation sites excluding steroid dienone is 2. The number of benzene rings is 2. The molecular weight excluding hydrogens is 362 g/mol. The number of nitrogens with one attached hydrogen (secondary N) is 1. The fraction of sp³-hybridized carbons (Fsp3) is 0.292. The molecule has 2 amide bonds. The molecule has 4 unspecified atom stereocenters. The Bertz CT molecular complexity index is 1120. The van der Waals surface area contributed by atoms with Crippen molar-refractivity contribution < 1.29 is 9.59 Å². The lowest BCUT2D eigenvalue weighted by atomic mass is 9.85. The molecule has 1 aromatic heterocycles. The fourth-order valence-corrected chi connectivity index (χ4v) is 5.51. The number of carbonyl (C=O) groups excluding carboxylic acids is 2. The summed E-state index contributed by atoms with van der Waals surface area (Å²) in [5.41, 5.74) is 2.87. The van der Waals surface area contributed by atoms with Crippen LogP contribution in [-0.4, -0.2) is 34.8 Å². The minimum atomic E-state index is -0.125. The predicted molar refractivity (Wildman–Crippen MR) is 112 cm³/mol. The molecule has 5 nitrogen and oxygen atoms in total.